The normalized spacial score (nSPS) is 14.3. The highest BCUT2D eigenvalue weighted by Gasteiger charge is 2.24. The third-order valence-corrected chi connectivity index (χ3v) is 12.5. The Balaban J connectivity index is 4.16. The number of allylic oxidation sites excluding steroid dienone is 2. The number of phosphoric acid groups is 1. The first-order valence-corrected chi connectivity index (χ1v) is 26.5. The van der Waals surface area contributed by atoms with E-state index in [0.717, 1.165) is 38.5 Å². The van der Waals surface area contributed by atoms with Crippen LogP contribution in [0.5, 0.6) is 0 Å². The van der Waals surface area contributed by atoms with E-state index in [-0.39, 0.29) is 19.1 Å². The molecule has 0 bridgehead atoms. The van der Waals surface area contributed by atoms with Gasteiger partial charge in [-0.3, -0.25) is 9.36 Å². The van der Waals surface area contributed by atoms with E-state index in [4.69, 9.17) is 9.05 Å². The van der Waals surface area contributed by atoms with Crippen LogP contribution in [-0.2, 0) is 18.4 Å². The summed E-state index contributed by atoms with van der Waals surface area (Å²) in [5, 5.41) is 13.9. The van der Waals surface area contributed by atoms with Crippen molar-refractivity contribution < 1.29 is 32.9 Å². The van der Waals surface area contributed by atoms with Gasteiger partial charge in [-0.05, 0) is 38.5 Å². The van der Waals surface area contributed by atoms with Crippen molar-refractivity contribution in [2.75, 3.05) is 40.9 Å². The maximum absolute atomic E-state index is 12.9. The van der Waals surface area contributed by atoms with Crippen LogP contribution in [0.1, 0.15) is 245 Å². The number of rotatable bonds is 46. The molecule has 0 spiro atoms. The molecule has 0 saturated carbocycles. The number of amides is 1. The molecule has 0 aromatic heterocycles. The van der Waals surface area contributed by atoms with Gasteiger partial charge in [-0.1, -0.05) is 212 Å². The molecule has 0 rings (SSSR count). The van der Waals surface area contributed by atoms with Crippen LogP contribution in [0.15, 0.2) is 12.2 Å². The summed E-state index contributed by atoms with van der Waals surface area (Å²) in [4.78, 5) is 25.4. The number of nitrogens with zero attached hydrogens (tertiary/aromatic N) is 1. The molecule has 0 aliphatic carbocycles. The number of aliphatic hydroxyl groups excluding tert-OH is 1. The van der Waals surface area contributed by atoms with Gasteiger partial charge in [0.15, 0.2) is 0 Å². The molecule has 0 fully saturated rings. The molecule has 346 valence electrons. The van der Waals surface area contributed by atoms with Gasteiger partial charge in [0.1, 0.15) is 13.2 Å². The Morgan fingerprint density at radius 3 is 1.34 bits per heavy atom. The number of hydrogen-bond donors (Lipinski definition) is 2. The lowest BCUT2D eigenvalue weighted by atomic mass is 10.0. The highest BCUT2D eigenvalue weighted by Crippen LogP contribution is 2.38. The Hall–Kier alpha value is -0.760. The lowest BCUT2D eigenvalue weighted by Gasteiger charge is -2.30. The van der Waals surface area contributed by atoms with Crippen molar-refractivity contribution >= 4 is 13.7 Å². The van der Waals surface area contributed by atoms with Gasteiger partial charge in [0, 0.05) is 6.42 Å². The van der Waals surface area contributed by atoms with Gasteiger partial charge in [-0.15, -0.1) is 0 Å². The molecule has 1 amide bonds. The predicted octanol–water partition coefficient (Wildman–Crippen LogP) is 13.7. The fraction of sp³-hybridized carbons (Fsp3) is 0.939. The summed E-state index contributed by atoms with van der Waals surface area (Å²) in [6.45, 7) is 4.73. The Morgan fingerprint density at radius 1 is 0.586 bits per heavy atom. The minimum Gasteiger partial charge on any atom is -0.756 e. The molecule has 0 aliphatic rings. The average Bonchev–Trinajstić information content (AvgIpc) is 3.17. The molecule has 0 aromatic rings. The highest BCUT2D eigenvalue weighted by atomic mass is 31.2. The zero-order chi connectivity index (χ0) is 42.8. The van der Waals surface area contributed by atoms with E-state index in [1.54, 1.807) is 0 Å². The number of unbranched alkanes of at least 4 members (excludes halogenated alkanes) is 31. The number of phosphoric ester groups is 1. The van der Waals surface area contributed by atoms with Crippen molar-refractivity contribution in [3.8, 4) is 0 Å². The van der Waals surface area contributed by atoms with E-state index >= 15 is 0 Å². The predicted molar refractivity (Wildman–Crippen MR) is 247 cm³/mol. The second-order valence-corrected chi connectivity index (χ2v) is 19.9. The monoisotopic (exact) mass is 843 g/mol. The van der Waals surface area contributed by atoms with Crippen LogP contribution in [0.2, 0.25) is 0 Å². The van der Waals surface area contributed by atoms with Gasteiger partial charge in [0.2, 0.25) is 5.91 Å². The van der Waals surface area contributed by atoms with Crippen molar-refractivity contribution in [3.63, 3.8) is 0 Å². The Morgan fingerprint density at radius 2 is 0.948 bits per heavy atom. The van der Waals surface area contributed by atoms with E-state index in [2.05, 4.69) is 31.3 Å². The van der Waals surface area contributed by atoms with Crippen molar-refractivity contribution in [2.24, 2.45) is 0 Å². The van der Waals surface area contributed by atoms with E-state index in [9.17, 15) is 19.4 Å². The maximum atomic E-state index is 12.9. The number of carbonyl (C=O) groups excluding carboxylic acids is 1. The fourth-order valence-electron chi connectivity index (χ4n) is 7.51. The number of carbonyl (C=O) groups is 1. The molecule has 3 atom stereocenters. The zero-order valence-corrected chi connectivity index (χ0v) is 40.2. The number of nitrogens with one attached hydrogen (secondary N) is 1. The van der Waals surface area contributed by atoms with Gasteiger partial charge in [0.25, 0.3) is 7.82 Å². The van der Waals surface area contributed by atoms with E-state index in [0.29, 0.717) is 23.9 Å². The van der Waals surface area contributed by atoms with Crippen molar-refractivity contribution in [1.82, 2.24) is 5.32 Å². The summed E-state index contributed by atoms with van der Waals surface area (Å²) in [6, 6.07) is -0.798. The maximum Gasteiger partial charge on any atom is 0.268 e. The van der Waals surface area contributed by atoms with Crippen LogP contribution in [0.4, 0.5) is 0 Å². The minimum absolute atomic E-state index is 0.0135. The van der Waals surface area contributed by atoms with E-state index in [1.165, 1.54) is 180 Å². The standard InChI is InChI=1S/C49H99N2O6P/c1-6-8-10-12-14-16-18-20-21-22-23-24-25-26-27-28-29-30-31-33-35-37-39-41-43-49(53)50-47(46-57-58(54,55)56-45-44-51(3,4)5)48(52)42-40-38-36-34-32-19-17-15-13-11-9-7-2/h26-27,47-48,52H,6-25,28-46H2,1-5H3,(H-,50,53,54,55)/b27-26-. The number of aliphatic hydroxyl groups is 1. The first-order valence-electron chi connectivity index (χ1n) is 25.0. The number of hydrogen-bond acceptors (Lipinski definition) is 6. The molecule has 0 aromatic carbocycles. The summed E-state index contributed by atoms with van der Waals surface area (Å²) in [5.74, 6) is -0.166. The highest BCUT2D eigenvalue weighted by molar-refractivity contribution is 7.45. The zero-order valence-electron chi connectivity index (χ0n) is 39.3. The van der Waals surface area contributed by atoms with Crippen molar-refractivity contribution in [1.29, 1.82) is 0 Å². The Bertz CT molecular complexity index is 958. The molecule has 0 radical (unpaired) electrons. The van der Waals surface area contributed by atoms with E-state index < -0.39 is 20.0 Å². The first-order chi connectivity index (χ1) is 28.0. The summed E-state index contributed by atoms with van der Waals surface area (Å²) in [6.07, 6.45) is 48.0. The van der Waals surface area contributed by atoms with Crippen LogP contribution in [0.25, 0.3) is 0 Å². The van der Waals surface area contributed by atoms with Gasteiger partial charge >= 0.3 is 0 Å². The lowest BCUT2D eigenvalue weighted by molar-refractivity contribution is -0.870. The third kappa shape index (κ3) is 43.3. The molecule has 0 heterocycles. The molecular weight excluding hydrogens is 744 g/mol. The molecule has 3 unspecified atom stereocenters. The van der Waals surface area contributed by atoms with Crippen LogP contribution < -0.4 is 10.2 Å². The van der Waals surface area contributed by atoms with Crippen molar-refractivity contribution in [2.45, 2.75) is 257 Å². The second-order valence-electron chi connectivity index (χ2n) is 18.5. The van der Waals surface area contributed by atoms with Crippen LogP contribution in [0, 0.1) is 0 Å². The quantitative estimate of drug-likeness (QED) is 0.0273. The summed E-state index contributed by atoms with van der Waals surface area (Å²) >= 11 is 0. The molecule has 9 heteroatoms. The largest absolute Gasteiger partial charge is 0.756 e. The topological polar surface area (TPSA) is 108 Å². The fourth-order valence-corrected chi connectivity index (χ4v) is 8.23. The number of likely N-dealkylation sites (N-methyl/N-ethyl adjacent to an activating group) is 1. The first kappa shape index (κ1) is 57.2. The summed E-state index contributed by atoms with van der Waals surface area (Å²) in [5.41, 5.74) is 0. The SMILES string of the molecule is CCCCCCCCCCCCCC/C=C\CCCCCCCCCCC(=O)NC(COP(=O)([O-])OCC[N+](C)(C)C)C(O)CCCCCCCCCCCCCC. The minimum atomic E-state index is -4.56. The van der Waals surface area contributed by atoms with Crippen LogP contribution >= 0.6 is 7.82 Å². The number of quaternary nitrogens is 1. The van der Waals surface area contributed by atoms with Crippen LogP contribution in [-0.4, -0.2) is 68.5 Å². The van der Waals surface area contributed by atoms with E-state index in [1.807, 2.05) is 21.1 Å². The van der Waals surface area contributed by atoms with Crippen LogP contribution in [0.3, 0.4) is 0 Å². The molecule has 0 aliphatic heterocycles. The summed E-state index contributed by atoms with van der Waals surface area (Å²) in [7, 11) is 1.31. The average molecular weight is 843 g/mol. The van der Waals surface area contributed by atoms with Crippen molar-refractivity contribution in [3.05, 3.63) is 12.2 Å². The molecule has 58 heavy (non-hydrogen) atoms. The molecule has 0 saturated heterocycles. The molecular formula is C49H99N2O6P. The van der Waals surface area contributed by atoms with Gasteiger partial charge in [-0.25, -0.2) is 0 Å². The van der Waals surface area contributed by atoms with Gasteiger partial charge in [-0.2, -0.15) is 0 Å². The summed E-state index contributed by atoms with van der Waals surface area (Å²) < 4.78 is 23.3. The second kappa shape index (κ2) is 41.6. The molecule has 8 nitrogen and oxygen atoms in total. The van der Waals surface area contributed by atoms with Gasteiger partial charge in [0.05, 0.1) is 39.9 Å². The Labute approximate surface area is 361 Å². The smallest absolute Gasteiger partial charge is 0.268 e. The third-order valence-electron chi connectivity index (χ3n) is 11.5. The van der Waals surface area contributed by atoms with Gasteiger partial charge < -0.3 is 28.8 Å². The molecule has 2 N–H and O–H groups in total. The Kier molecular flexibility index (Phi) is 41.0. The lowest BCUT2D eigenvalue weighted by Crippen LogP contribution is -2.46.